The van der Waals surface area contributed by atoms with Crippen molar-refractivity contribution in [2.24, 2.45) is 10.3 Å². The van der Waals surface area contributed by atoms with Gasteiger partial charge in [0.25, 0.3) is 0 Å². The molecule has 1 aromatic rings. The molecule has 0 aliphatic heterocycles. The largest absolute Gasteiger partial charge is 0.410 e. The van der Waals surface area contributed by atoms with Crippen LogP contribution in [0.3, 0.4) is 0 Å². The molecule has 0 saturated heterocycles. The van der Waals surface area contributed by atoms with Crippen molar-refractivity contribution >= 4 is 17.4 Å². The van der Waals surface area contributed by atoms with Crippen molar-refractivity contribution in [2.45, 2.75) is 0 Å². The molecule has 0 amide bonds. The molecule has 1 aromatic carbocycles. The van der Waals surface area contributed by atoms with E-state index in [1.807, 2.05) is 0 Å². The second-order valence-corrected chi connectivity index (χ2v) is 2.56. The average Bonchev–Trinajstić information content (AvgIpc) is 2.14. The molecule has 0 saturated carbocycles. The zero-order valence-corrected chi connectivity index (χ0v) is 7.18. The number of benzene rings is 1. The van der Waals surface area contributed by atoms with Gasteiger partial charge in [-0.15, -0.1) is 0 Å². The first-order chi connectivity index (χ1) is 6.27. The van der Waals surface area contributed by atoms with Gasteiger partial charge in [-0.25, -0.2) is 0 Å². The summed E-state index contributed by atoms with van der Waals surface area (Å²) in [5, 5.41) is 15.0. The number of oxime groups is 1. The Bertz CT molecular complexity index is 384. The Morgan fingerprint density at radius 3 is 2.85 bits per heavy atom. The Morgan fingerprint density at radius 1 is 1.54 bits per heavy atom. The van der Waals surface area contributed by atoms with E-state index in [0.29, 0.717) is 10.6 Å². The fourth-order valence-electron chi connectivity index (χ4n) is 0.805. The summed E-state index contributed by atoms with van der Waals surface area (Å²) in [5.74, 6) is -0.106. The SMILES string of the molecule is [N-]=[N+]=N/C(=N\O)c1cccc(Cl)c1. The van der Waals surface area contributed by atoms with Crippen molar-refractivity contribution in [1.82, 2.24) is 0 Å². The van der Waals surface area contributed by atoms with Gasteiger partial charge in [-0.3, -0.25) is 0 Å². The lowest BCUT2D eigenvalue weighted by atomic mass is 10.2. The Kier molecular flexibility index (Phi) is 3.14. The third-order valence-electron chi connectivity index (χ3n) is 1.32. The summed E-state index contributed by atoms with van der Waals surface area (Å²) in [6.07, 6.45) is 0. The van der Waals surface area contributed by atoms with Crippen LogP contribution in [0.25, 0.3) is 10.4 Å². The van der Waals surface area contributed by atoms with Gasteiger partial charge in [-0.05, 0) is 22.8 Å². The molecule has 6 heteroatoms. The van der Waals surface area contributed by atoms with Gasteiger partial charge in [-0.1, -0.05) is 28.9 Å². The van der Waals surface area contributed by atoms with E-state index in [4.69, 9.17) is 22.3 Å². The third kappa shape index (κ3) is 2.37. The Labute approximate surface area is 78.9 Å². The normalized spacial score (nSPS) is 10.7. The van der Waals surface area contributed by atoms with E-state index in [-0.39, 0.29) is 5.84 Å². The van der Waals surface area contributed by atoms with Gasteiger partial charge in [0.1, 0.15) is 0 Å². The third-order valence-corrected chi connectivity index (χ3v) is 1.55. The van der Waals surface area contributed by atoms with Crippen molar-refractivity contribution in [2.75, 3.05) is 0 Å². The second kappa shape index (κ2) is 4.35. The van der Waals surface area contributed by atoms with Gasteiger partial charge >= 0.3 is 0 Å². The smallest absolute Gasteiger partial charge is 0.173 e. The van der Waals surface area contributed by atoms with E-state index >= 15 is 0 Å². The van der Waals surface area contributed by atoms with E-state index in [0.717, 1.165) is 0 Å². The molecule has 0 bridgehead atoms. The van der Waals surface area contributed by atoms with Crippen LogP contribution in [0.15, 0.2) is 34.5 Å². The molecule has 0 unspecified atom stereocenters. The predicted octanol–water partition coefficient (Wildman–Crippen LogP) is 2.79. The van der Waals surface area contributed by atoms with Crippen LogP contribution in [-0.2, 0) is 0 Å². The lowest BCUT2D eigenvalue weighted by Crippen LogP contribution is -1.94. The van der Waals surface area contributed by atoms with Gasteiger partial charge in [-0.2, -0.15) is 0 Å². The maximum Gasteiger partial charge on any atom is 0.173 e. The van der Waals surface area contributed by atoms with Crippen LogP contribution in [0.4, 0.5) is 0 Å². The first kappa shape index (κ1) is 9.38. The number of halogens is 1. The summed E-state index contributed by atoms with van der Waals surface area (Å²) < 4.78 is 0. The summed E-state index contributed by atoms with van der Waals surface area (Å²) >= 11 is 5.67. The van der Waals surface area contributed by atoms with Crippen LogP contribution in [0, 0.1) is 0 Å². The van der Waals surface area contributed by atoms with Gasteiger partial charge in [0.05, 0.1) is 0 Å². The summed E-state index contributed by atoms with van der Waals surface area (Å²) in [7, 11) is 0. The van der Waals surface area contributed by atoms with Crippen molar-refractivity contribution in [1.29, 1.82) is 0 Å². The topological polar surface area (TPSA) is 81.4 Å². The number of rotatable bonds is 1. The first-order valence-corrected chi connectivity index (χ1v) is 3.69. The number of amidine groups is 1. The minimum Gasteiger partial charge on any atom is -0.410 e. The quantitative estimate of drug-likeness (QED) is 0.140. The molecule has 0 aliphatic rings. The summed E-state index contributed by atoms with van der Waals surface area (Å²) in [6, 6.07) is 6.48. The number of nitrogens with zero attached hydrogens (tertiary/aromatic N) is 4. The van der Waals surface area contributed by atoms with Crippen LogP contribution in [0.1, 0.15) is 5.56 Å². The zero-order chi connectivity index (χ0) is 9.68. The summed E-state index contributed by atoms with van der Waals surface area (Å²) in [4.78, 5) is 2.50. The van der Waals surface area contributed by atoms with Gasteiger partial charge in [0.15, 0.2) is 5.84 Å². The van der Waals surface area contributed by atoms with E-state index in [1.165, 1.54) is 6.07 Å². The average molecular weight is 197 g/mol. The van der Waals surface area contributed by atoms with E-state index in [1.54, 1.807) is 18.2 Å². The van der Waals surface area contributed by atoms with E-state index < -0.39 is 0 Å². The van der Waals surface area contributed by atoms with Gasteiger partial charge < -0.3 is 5.21 Å². The highest BCUT2D eigenvalue weighted by molar-refractivity contribution is 6.31. The van der Waals surface area contributed by atoms with Gasteiger partial charge in [0, 0.05) is 15.5 Å². The first-order valence-electron chi connectivity index (χ1n) is 3.31. The molecule has 0 heterocycles. The van der Waals surface area contributed by atoms with Crippen molar-refractivity contribution < 1.29 is 5.21 Å². The van der Waals surface area contributed by atoms with Crippen molar-refractivity contribution in [3.05, 3.63) is 45.3 Å². The molecule has 0 fully saturated rings. The molecule has 13 heavy (non-hydrogen) atoms. The summed E-state index contributed by atoms with van der Waals surface area (Å²) in [6.45, 7) is 0. The lowest BCUT2D eigenvalue weighted by Gasteiger charge is -1.96. The molecular formula is C7H5ClN4O. The van der Waals surface area contributed by atoms with Crippen LogP contribution in [-0.4, -0.2) is 11.0 Å². The summed E-state index contributed by atoms with van der Waals surface area (Å²) in [5.41, 5.74) is 8.60. The van der Waals surface area contributed by atoms with Crippen molar-refractivity contribution in [3.8, 4) is 0 Å². The highest BCUT2D eigenvalue weighted by atomic mass is 35.5. The molecule has 0 aromatic heterocycles. The fourth-order valence-corrected chi connectivity index (χ4v) is 0.996. The Hall–Kier alpha value is -1.71. The zero-order valence-electron chi connectivity index (χ0n) is 6.42. The minimum atomic E-state index is -0.106. The number of hydrogen-bond acceptors (Lipinski definition) is 2. The maximum atomic E-state index is 8.48. The lowest BCUT2D eigenvalue weighted by molar-refractivity contribution is 0.318. The number of azide groups is 1. The minimum absolute atomic E-state index is 0.106. The molecular weight excluding hydrogens is 192 g/mol. The molecule has 0 aliphatic carbocycles. The molecule has 1 rings (SSSR count). The van der Waals surface area contributed by atoms with Gasteiger partial charge in [0.2, 0.25) is 0 Å². The molecule has 0 spiro atoms. The standard InChI is InChI=1S/C7H5ClN4O/c8-6-3-1-2-5(4-6)7(11-13)10-12-9/h1-4,13H/b11-7-. The molecule has 66 valence electrons. The van der Waals surface area contributed by atoms with E-state index in [2.05, 4.69) is 15.2 Å². The Balaban J connectivity index is 3.13. The maximum absolute atomic E-state index is 8.48. The van der Waals surface area contributed by atoms with Crippen LogP contribution in [0.5, 0.6) is 0 Å². The Morgan fingerprint density at radius 2 is 2.31 bits per heavy atom. The van der Waals surface area contributed by atoms with Crippen LogP contribution in [0.2, 0.25) is 5.02 Å². The highest BCUT2D eigenvalue weighted by Gasteiger charge is 2.01. The highest BCUT2D eigenvalue weighted by Crippen LogP contribution is 2.11. The van der Waals surface area contributed by atoms with Crippen LogP contribution >= 0.6 is 11.6 Å². The molecule has 0 radical (unpaired) electrons. The molecule has 1 N–H and O–H groups in total. The van der Waals surface area contributed by atoms with Crippen molar-refractivity contribution in [3.63, 3.8) is 0 Å². The predicted molar refractivity (Wildman–Crippen MR) is 48.9 cm³/mol. The monoisotopic (exact) mass is 196 g/mol. The molecule has 5 nitrogen and oxygen atoms in total. The van der Waals surface area contributed by atoms with E-state index in [9.17, 15) is 0 Å². The van der Waals surface area contributed by atoms with Crippen LogP contribution < -0.4 is 0 Å². The fraction of sp³-hybridized carbons (Fsp3) is 0. The number of hydrogen-bond donors (Lipinski definition) is 1. The second-order valence-electron chi connectivity index (χ2n) is 2.12. The molecule has 0 atom stereocenters.